The quantitative estimate of drug-likeness (QED) is 0.360. The first kappa shape index (κ1) is 17.7. The van der Waals surface area contributed by atoms with Crippen molar-refractivity contribution in [3.63, 3.8) is 0 Å². The lowest BCUT2D eigenvalue weighted by molar-refractivity contribution is 0.0949. The zero-order valence-electron chi connectivity index (χ0n) is 14.7. The molecule has 1 aliphatic rings. The van der Waals surface area contributed by atoms with Crippen LogP contribution >= 0.6 is 34.7 Å². The second kappa shape index (κ2) is 6.88. The summed E-state index contributed by atoms with van der Waals surface area (Å²) < 4.78 is 1.07. The number of carbonyl (C=O) groups is 1. The summed E-state index contributed by atoms with van der Waals surface area (Å²) in [5.74, 6) is -0.0253. The van der Waals surface area contributed by atoms with Crippen LogP contribution in [0.4, 0.5) is 5.69 Å². The second-order valence-corrected chi connectivity index (χ2v) is 8.91. The Morgan fingerprint density at radius 2 is 2.04 bits per heavy atom. The van der Waals surface area contributed by atoms with Crippen molar-refractivity contribution in [1.29, 1.82) is 0 Å². The Morgan fingerprint density at radius 1 is 1.18 bits per heavy atom. The summed E-state index contributed by atoms with van der Waals surface area (Å²) in [4.78, 5) is 26.1. The molecule has 0 bridgehead atoms. The molecule has 28 heavy (non-hydrogen) atoms. The molecule has 1 aliphatic heterocycles. The van der Waals surface area contributed by atoms with Crippen LogP contribution in [0, 0.1) is 0 Å². The molecule has 0 saturated carbocycles. The fourth-order valence-electron chi connectivity index (χ4n) is 3.25. The van der Waals surface area contributed by atoms with E-state index in [1.807, 2.05) is 25.1 Å². The number of nitrogens with one attached hydrogen (secondary N) is 2. The van der Waals surface area contributed by atoms with E-state index in [0.717, 1.165) is 41.6 Å². The van der Waals surface area contributed by atoms with Crippen LogP contribution in [0.1, 0.15) is 16.6 Å². The van der Waals surface area contributed by atoms with Crippen molar-refractivity contribution in [1.82, 2.24) is 20.3 Å². The maximum atomic E-state index is 12.5. The van der Waals surface area contributed by atoms with Gasteiger partial charge in [-0.3, -0.25) is 4.79 Å². The number of pyridine rings is 1. The first-order chi connectivity index (χ1) is 13.6. The molecule has 4 heterocycles. The van der Waals surface area contributed by atoms with Crippen LogP contribution in [-0.2, 0) is 0 Å². The number of carbonyl (C=O) groups excluding carboxylic acids is 1. The number of hydrogen-bond acceptors (Lipinski definition) is 7. The molecule has 4 aromatic rings. The van der Waals surface area contributed by atoms with E-state index in [9.17, 15) is 4.79 Å². The Bertz CT molecular complexity index is 1240. The highest BCUT2D eigenvalue weighted by atomic mass is 35.5. The molecule has 3 aromatic heterocycles. The van der Waals surface area contributed by atoms with Crippen molar-refractivity contribution in [2.75, 3.05) is 11.9 Å². The van der Waals surface area contributed by atoms with Crippen LogP contribution in [0.25, 0.3) is 21.0 Å². The smallest absolute Gasteiger partial charge is 0.263 e. The van der Waals surface area contributed by atoms with Gasteiger partial charge in [-0.25, -0.2) is 15.0 Å². The van der Waals surface area contributed by atoms with Gasteiger partial charge in [-0.15, -0.1) is 11.3 Å². The highest BCUT2D eigenvalue weighted by molar-refractivity contribution is 7.99. The molecule has 1 atom stereocenters. The van der Waals surface area contributed by atoms with Crippen molar-refractivity contribution in [3.05, 3.63) is 46.7 Å². The first-order valence-electron chi connectivity index (χ1n) is 8.66. The second-order valence-electron chi connectivity index (χ2n) is 6.48. The minimum Gasteiger partial charge on any atom is -0.381 e. The molecule has 140 valence electrons. The first-order valence-corrected chi connectivity index (χ1v) is 10.7. The molecule has 2 N–H and O–H groups in total. The number of halogens is 1. The predicted molar refractivity (Wildman–Crippen MR) is 114 cm³/mol. The Labute approximate surface area is 173 Å². The largest absolute Gasteiger partial charge is 0.381 e. The van der Waals surface area contributed by atoms with E-state index >= 15 is 0 Å². The molecule has 5 rings (SSSR count). The van der Waals surface area contributed by atoms with Gasteiger partial charge in [0.15, 0.2) is 0 Å². The SMILES string of the molecule is C[C@H]1CNc2c(sc3ccc4nc(Sc5ccnc(Cl)n5)ccc4c23)C(=O)N1. The van der Waals surface area contributed by atoms with E-state index in [1.54, 1.807) is 12.3 Å². The number of hydrogen-bond donors (Lipinski definition) is 2. The molecule has 0 fully saturated rings. The molecule has 1 amide bonds. The lowest BCUT2D eigenvalue weighted by atomic mass is 10.1. The number of rotatable bonds is 2. The van der Waals surface area contributed by atoms with Gasteiger partial charge in [0.1, 0.15) is 14.9 Å². The van der Waals surface area contributed by atoms with Crippen molar-refractivity contribution >= 4 is 67.3 Å². The molecule has 0 radical (unpaired) electrons. The van der Waals surface area contributed by atoms with Crippen LogP contribution in [0.2, 0.25) is 5.28 Å². The van der Waals surface area contributed by atoms with E-state index in [0.29, 0.717) is 6.54 Å². The third-order valence-electron chi connectivity index (χ3n) is 4.48. The number of anilines is 1. The van der Waals surface area contributed by atoms with Crippen molar-refractivity contribution < 1.29 is 4.79 Å². The van der Waals surface area contributed by atoms with Crippen molar-refractivity contribution in [2.24, 2.45) is 0 Å². The normalized spacial score (nSPS) is 16.5. The summed E-state index contributed by atoms with van der Waals surface area (Å²) >= 11 is 8.81. The zero-order valence-corrected chi connectivity index (χ0v) is 17.1. The molecular formula is C19H14ClN5OS2. The van der Waals surface area contributed by atoms with Crippen LogP contribution in [0.3, 0.4) is 0 Å². The minimum absolute atomic E-state index is 0.0253. The van der Waals surface area contributed by atoms with Gasteiger partial charge in [-0.2, -0.15) is 0 Å². The van der Waals surface area contributed by atoms with Gasteiger partial charge in [-0.05, 0) is 60.6 Å². The van der Waals surface area contributed by atoms with Crippen LogP contribution in [-0.4, -0.2) is 33.4 Å². The average molecular weight is 428 g/mol. The van der Waals surface area contributed by atoms with Crippen molar-refractivity contribution in [2.45, 2.75) is 23.0 Å². The number of thiophene rings is 1. The summed E-state index contributed by atoms with van der Waals surface area (Å²) in [5, 5.41) is 10.3. The van der Waals surface area contributed by atoms with E-state index in [4.69, 9.17) is 16.6 Å². The lowest BCUT2D eigenvalue weighted by Crippen LogP contribution is -2.34. The van der Waals surface area contributed by atoms with Crippen molar-refractivity contribution in [3.8, 4) is 0 Å². The predicted octanol–water partition coefficient (Wildman–Crippen LogP) is 4.59. The van der Waals surface area contributed by atoms with Gasteiger partial charge >= 0.3 is 0 Å². The Hall–Kier alpha value is -2.42. The summed E-state index contributed by atoms with van der Waals surface area (Å²) in [6.07, 6.45) is 1.63. The molecule has 0 aliphatic carbocycles. The third-order valence-corrected chi connectivity index (χ3v) is 6.68. The zero-order chi connectivity index (χ0) is 19.3. The Kier molecular flexibility index (Phi) is 4.34. The number of benzene rings is 1. The fraction of sp³-hybridized carbons (Fsp3) is 0.158. The number of nitrogens with zero attached hydrogens (tertiary/aromatic N) is 3. The average Bonchev–Trinajstić information content (AvgIpc) is 2.99. The molecule has 9 heteroatoms. The molecule has 0 saturated heterocycles. The molecule has 6 nitrogen and oxygen atoms in total. The summed E-state index contributed by atoms with van der Waals surface area (Å²) in [7, 11) is 0. The van der Waals surface area contributed by atoms with Gasteiger partial charge in [-0.1, -0.05) is 0 Å². The Morgan fingerprint density at radius 3 is 2.89 bits per heavy atom. The highest BCUT2D eigenvalue weighted by Crippen LogP contribution is 2.41. The van der Waals surface area contributed by atoms with E-state index in [2.05, 4.69) is 26.7 Å². The topological polar surface area (TPSA) is 79.8 Å². The minimum atomic E-state index is -0.0253. The maximum Gasteiger partial charge on any atom is 0.263 e. The number of aromatic nitrogens is 3. The summed E-state index contributed by atoms with van der Waals surface area (Å²) in [6.45, 7) is 2.68. The molecule has 0 unspecified atom stereocenters. The van der Waals surface area contributed by atoms with E-state index in [1.165, 1.54) is 23.1 Å². The van der Waals surface area contributed by atoms with Gasteiger partial charge in [0.05, 0.1) is 11.2 Å². The van der Waals surface area contributed by atoms with Gasteiger partial charge in [0, 0.05) is 34.3 Å². The Balaban J connectivity index is 1.62. The molecule has 0 spiro atoms. The maximum absolute atomic E-state index is 12.5. The van der Waals surface area contributed by atoms with Gasteiger partial charge in [0.25, 0.3) is 5.91 Å². The number of fused-ring (bicyclic) bond motifs is 5. The van der Waals surface area contributed by atoms with Crippen LogP contribution < -0.4 is 10.6 Å². The molecule has 1 aromatic carbocycles. The van der Waals surface area contributed by atoms with E-state index < -0.39 is 0 Å². The van der Waals surface area contributed by atoms with E-state index in [-0.39, 0.29) is 17.2 Å². The van der Waals surface area contributed by atoms with Crippen LogP contribution in [0.5, 0.6) is 0 Å². The lowest BCUT2D eigenvalue weighted by Gasteiger charge is -2.10. The number of amides is 1. The molecular weight excluding hydrogens is 414 g/mol. The monoisotopic (exact) mass is 427 g/mol. The van der Waals surface area contributed by atoms with Gasteiger partial charge < -0.3 is 10.6 Å². The standard InChI is InChI=1S/C19H14ClN5OS2/c1-9-8-22-16-15-10-2-5-13(28-14-6-7-21-19(20)25-14)24-11(10)3-4-12(15)27-17(16)18(26)23-9/h2-7,9,22H,8H2,1H3,(H,23,26)/t9-/m0/s1. The third kappa shape index (κ3) is 3.07. The van der Waals surface area contributed by atoms with Gasteiger partial charge in [0.2, 0.25) is 5.28 Å². The summed E-state index contributed by atoms with van der Waals surface area (Å²) in [5.41, 5.74) is 1.77. The fourth-order valence-corrected chi connectivity index (χ4v) is 5.30. The highest BCUT2D eigenvalue weighted by Gasteiger charge is 2.24. The summed E-state index contributed by atoms with van der Waals surface area (Å²) in [6, 6.07) is 9.91. The van der Waals surface area contributed by atoms with Crippen LogP contribution in [0.15, 0.2) is 46.6 Å².